The average molecular weight is 169 g/mol. The highest BCUT2D eigenvalue weighted by Crippen LogP contribution is 2.28. The molecule has 0 spiro atoms. The average Bonchev–Trinajstić information content (AvgIpc) is 2.06. The van der Waals surface area contributed by atoms with E-state index in [0.717, 1.165) is 0 Å². The lowest BCUT2D eigenvalue weighted by atomic mass is 9.83. The summed E-state index contributed by atoms with van der Waals surface area (Å²) in [5.74, 6) is -0.00463. The van der Waals surface area contributed by atoms with Crippen molar-refractivity contribution in [3.05, 3.63) is 0 Å². The Morgan fingerprint density at radius 2 is 1.83 bits per heavy atom. The summed E-state index contributed by atoms with van der Waals surface area (Å²) in [6.07, 6.45) is 0. The van der Waals surface area contributed by atoms with Crippen LogP contribution < -0.4 is 0 Å². The summed E-state index contributed by atoms with van der Waals surface area (Å²) in [6, 6.07) is 0. The van der Waals surface area contributed by atoms with Crippen molar-refractivity contribution in [1.29, 1.82) is 0 Å². The lowest BCUT2D eigenvalue weighted by Crippen LogP contribution is -2.37. The maximum atomic E-state index is 11.6. The van der Waals surface area contributed by atoms with Gasteiger partial charge in [0.25, 0.3) is 0 Å². The quantitative estimate of drug-likeness (QED) is 0.554. The highest BCUT2D eigenvalue weighted by atomic mass is 16.7. The third-order valence-electron chi connectivity index (χ3n) is 1.84. The number of Topliss-reactive ketones (excluding diaryl/α,β-unsaturated/α-hetero) is 1. The van der Waals surface area contributed by atoms with Crippen LogP contribution in [0.4, 0.5) is 0 Å². The van der Waals surface area contributed by atoms with Crippen molar-refractivity contribution >= 4 is 11.5 Å². The fraction of sp³-hybridized carbons (Fsp3) is 0.778. The zero-order chi connectivity index (χ0) is 9.57. The van der Waals surface area contributed by atoms with Crippen LogP contribution in [0.5, 0.6) is 0 Å². The van der Waals surface area contributed by atoms with Gasteiger partial charge in [-0.25, -0.2) is 0 Å². The van der Waals surface area contributed by atoms with Crippen molar-refractivity contribution in [2.75, 3.05) is 0 Å². The molecule has 12 heavy (non-hydrogen) atoms. The van der Waals surface area contributed by atoms with E-state index in [1.807, 2.05) is 20.8 Å². The summed E-state index contributed by atoms with van der Waals surface area (Å²) in [5, 5.41) is 3.81. The molecule has 0 saturated heterocycles. The first-order valence-electron chi connectivity index (χ1n) is 4.06. The van der Waals surface area contributed by atoms with Gasteiger partial charge in [0.15, 0.2) is 5.60 Å². The van der Waals surface area contributed by atoms with Crippen LogP contribution >= 0.6 is 0 Å². The van der Waals surface area contributed by atoms with Crippen LogP contribution in [-0.4, -0.2) is 17.1 Å². The summed E-state index contributed by atoms with van der Waals surface area (Å²) in [5.41, 5.74) is -0.444. The van der Waals surface area contributed by atoms with Gasteiger partial charge >= 0.3 is 0 Å². The Balaban J connectivity index is 2.94. The van der Waals surface area contributed by atoms with Crippen LogP contribution in [0.2, 0.25) is 0 Å². The summed E-state index contributed by atoms with van der Waals surface area (Å²) in [7, 11) is 0. The molecule has 0 saturated carbocycles. The number of nitrogens with zero attached hydrogens (tertiary/aromatic N) is 1. The summed E-state index contributed by atoms with van der Waals surface area (Å²) in [6.45, 7) is 9.33. The molecule has 68 valence electrons. The number of rotatable bonds is 0. The van der Waals surface area contributed by atoms with Gasteiger partial charge in [0, 0.05) is 5.41 Å². The van der Waals surface area contributed by atoms with Gasteiger partial charge in [0.05, 0.1) is 0 Å². The topological polar surface area (TPSA) is 38.7 Å². The Hall–Kier alpha value is -0.860. The van der Waals surface area contributed by atoms with E-state index in [-0.39, 0.29) is 11.2 Å². The molecule has 0 N–H and O–H groups in total. The second-order valence-corrected chi connectivity index (χ2v) is 4.62. The predicted octanol–water partition coefficient (Wildman–Crippen LogP) is 1.77. The first-order valence-corrected chi connectivity index (χ1v) is 4.06. The van der Waals surface area contributed by atoms with Gasteiger partial charge in [-0.15, -0.1) is 0 Å². The number of ketones is 1. The van der Waals surface area contributed by atoms with Crippen molar-refractivity contribution in [3.63, 3.8) is 0 Å². The Morgan fingerprint density at radius 3 is 2.00 bits per heavy atom. The summed E-state index contributed by atoms with van der Waals surface area (Å²) in [4.78, 5) is 16.6. The lowest BCUT2D eigenvalue weighted by Gasteiger charge is -2.17. The highest BCUT2D eigenvalue weighted by Gasteiger charge is 2.43. The lowest BCUT2D eigenvalue weighted by molar-refractivity contribution is -0.128. The standard InChI is InChI=1S/C9H15NO2/c1-8(2,3)6-7(11)9(4,5)12-10-6/h1-5H3. The second kappa shape index (κ2) is 2.31. The monoisotopic (exact) mass is 169 g/mol. The Kier molecular flexibility index (Phi) is 1.78. The van der Waals surface area contributed by atoms with Crippen LogP contribution in [0.3, 0.4) is 0 Å². The van der Waals surface area contributed by atoms with Crippen molar-refractivity contribution in [2.24, 2.45) is 10.6 Å². The van der Waals surface area contributed by atoms with Gasteiger partial charge in [-0.05, 0) is 13.8 Å². The van der Waals surface area contributed by atoms with Crippen LogP contribution in [-0.2, 0) is 9.63 Å². The van der Waals surface area contributed by atoms with Gasteiger partial charge in [-0.3, -0.25) is 4.79 Å². The van der Waals surface area contributed by atoms with Crippen LogP contribution in [0.1, 0.15) is 34.6 Å². The van der Waals surface area contributed by atoms with E-state index in [1.165, 1.54) is 0 Å². The van der Waals surface area contributed by atoms with Gasteiger partial charge in [-0.2, -0.15) is 0 Å². The number of hydrogen-bond acceptors (Lipinski definition) is 3. The molecule has 0 aliphatic carbocycles. The molecule has 3 heteroatoms. The first kappa shape index (κ1) is 9.23. The zero-order valence-corrected chi connectivity index (χ0v) is 8.26. The van der Waals surface area contributed by atoms with Gasteiger partial charge < -0.3 is 4.84 Å². The molecule has 0 fully saturated rings. The molecule has 1 heterocycles. The van der Waals surface area contributed by atoms with E-state index in [4.69, 9.17) is 4.84 Å². The molecule has 0 aromatic rings. The summed E-state index contributed by atoms with van der Waals surface area (Å²) >= 11 is 0. The molecule has 0 unspecified atom stereocenters. The Morgan fingerprint density at radius 1 is 1.33 bits per heavy atom. The smallest absolute Gasteiger partial charge is 0.226 e. The normalized spacial score (nSPS) is 22.1. The van der Waals surface area contributed by atoms with E-state index in [1.54, 1.807) is 13.8 Å². The molecule has 0 amide bonds. The predicted molar refractivity (Wildman–Crippen MR) is 47.1 cm³/mol. The van der Waals surface area contributed by atoms with Crippen LogP contribution in [0.25, 0.3) is 0 Å². The minimum atomic E-state index is -0.761. The minimum absolute atomic E-state index is 0.00463. The summed E-state index contributed by atoms with van der Waals surface area (Å²) < 4.78 is 0. The molecule has 1 aliphatic rings. The molecule has 1 aliphatic heterocycles. The SMILES string of the molecule is CC(C)(C)C1=NOC(C)(C)C1=O. The maximum absolute atomic E-state index is 11.6. The first-order chi connectivity index (χ1) is 5.25. The molecule has 3 nitrogen and oxygen atoms in total. The molecule has 0 radical (unpaired) electrons. The molecule has 0 aromatic carbocycles. The van der Waals surface area contributed by atoms with E-state index >= 15 is 0 Å². The number of carbonyl (C=O) groups excluding carboxylic acids is 1. The van der Waals surface area contributed by atoms with Crippen molar-refractivity contribution in [1.82, 2.24) is 0 Å². The molecule has 0 bridgehead atoms. The van der Waals surface area contributed by atoms with E-state index < -0.39 is 5.60 Å². The van der Waals surface area contributed by atoms with Crippen molar-refractivity contribution in [3.8, 4) is 0 Å². The largest absolute Gasteiger partial charge is 0.381 e. The van der Waals surface area contributed by atoms with Gasteiger partial charge in [0.1, 0.15) is 5.71 Å². The minimum Gasteiger partial charge on any atom is -0.381 e. The Labute approximate surface area is 72.8 Å². The number of oxime groups is 1. The van der Waals surface area contributed by atoms with Crippen LogP contribution in [0, 0.1) is 5.41 Å². The van der Waals surface area contributed by atoms with E-state index in [2.05, 4.69) is 5.16 Å². The fourth-order valence-corrected chi connectivity index (χ4v) is 1.01. The second-order valence-electron chi connectivity index (χ2n) is 4.62. The van der Waals surface area contributed by atoms with E-state index in [9.17, 15) is 4.79 Å². The molecular weight excluding hydrogens is 154 g/mol. The van der Waals surface area contributed by atoms with Gasteiger partial charge in [-0.1, -0.05) is 25.9 Å². The zero-order valence-electron chi connectivity index (χ0n) is 8.26. The fourth-order valence-electron chi connectivity index (χ4n) is 1.01. The number of carbonyl (C=O) groups is 1. The molecule has 1 rings (SSSR count). The van der Waals surface area contributed by atoms with Crippen molar-refractivity contribution < 1.29 is 9.63 Å². The highest BCUT2D eigenvalue weighted by molar-refractivity contribution is 6.45. The maximum Gasteiger partial charge on any atom is 0.226 e. The van der Waals surface area contributed by atoms with Crippen molar-refractivity contribution in [2.45, 2.75) is 40.2 Å². The third kappa shape index (κ3) is 1.36. The van der Waals surface area contributed by atoms with E-state index in [0.29, 0.717) is 5.71 Å². The molecule has 0 aromatic heterocycles. The Bertz CT molecular complexity index is 246. The molecule has 0 atom stereocenters. The molecular formula is C9H15NO2. The third-order valence-corrected chi connectivity index (χ3v) is 1.84. The van der Waals surface area contributed by atoms with Crippen LogP contribution in [0.15, 0.2) is 5.16 Å². The van der Waals surface area contributed by atoms with Gasteiger partial charge in [0.2, 0.25) is 5.78 Å². The number of hydrogen-bond donors (Lipinski definition) is 0.